The zero-order valence-electron chi connectivity index (χ0n) is 23.5. The number of carbonyl (C=O) groups is 2. The largest absolute Gasteiger partial charge is 0.466 e. The first-order valence-corrected chi connectivity index (χ1v) is 14.5. The van der Waals surface area contributed by atoms with Gasteiger partial charge >= 0.3 is 11.9 Å². The number of carbonyl (C=O) groups excluding carboxylic acids is 2. The molecule has 6 heteroatoms. The van der Waals surface area contributed by atoms with Crippen LogP contribution in [0.2, 0.25) is 0 Å². The summed E-state index contributed by atoms with van der Waals surface area (Å²) < 4.78 is 12.2. The Morgan fingerprint density at radius 3 is 2.02 bits per heavy atom. The van der Waals surface area contributed by atoms with Crippen molar-refractivity contribution in [2.75, 3.05) is 13.7 Å². The predicted octanol–water partition coefficient (Wildman–Crippen LogP) is 5.30. The lowest BCUT2D eigenvalue weighted by Gasteiger charge is -2.47. The van der Waals surface area contributed by atoms with Gasteiger partial charge in [0.15, 0.2) is 0 Å². The molecule has 0 aliphatic carbocycles. The van der Waals surface area contributed by atoms with E-state index in [0.717, 1.165) is 42.3 Å². The first-order valence-electron chi connectivity index (χ1n) is 14.5. The van der Waals surface area contributed by atoms with E-state index in [0.29, 0.717) is 42.7 Å². The van der Waals surface area contributed by atoms with Crippen LogP contribution in [0.15, 0.2) is 84.9 Å². The van der Waals surface area contributed by atoms with Gasteiger partial charge in [-0.05, 0) is 30.0 Å². The second-order valence-corrected chi connectivity index (χ2v) is 11.5. The zero-order chi connectivity index (χ0) is 28.2. The van der Waals surface area contributed by atoms with Crippen LogP contribution in [0.5, 0.6) is 0 Å². The monoisotopic (exact) mass is 542 g/mol. The maximum atomic E-state index is 13.7. The third-order valence-electron chi connectivity index (χ3n) is 8.96. The van der Waals surface area contributed by atoms with Crippen molar-refractivity contribution in [2.45, 2.75) is 75.8 Å². The fourth-order valence-corrected chi connectivity index (χ4v) is 6.80. The van der Waals surface area contributed by atoms with Gasteiger partial charge in [-0.15, -0.1) is 0 Å². The molecule has 2 bridgehead atoms. The van der Waals surface area contributed by atoms with E-state index in [1.54, 1.807) is 24.3 Å². The molecule has 2 heterocycles. The molecular weight excluding hydrogens is 502 g/mol. The Morgan fingerprint density at radius 1 is 0.875 bits per heavy atom. The summed E-state index contributed by atoms with van der Waals surface area (Å²) in [5.41, 5.74) is 1.57. The Labute approximate surface area is 237 Å². The van der Waals surface area contributed by atoms with Crippen molar-refractivity contribution in [3.63, 3.8) is 0 Å². The molecule has 0 spiro atoms. The van der Waals surface area contributed by atoms with Gasteiger partial charge in [-0.1, -0.05) is 84.9 Å². The van der Waals surface area contributed by atoms with Crippen molar-refractivity contribution >= 4 is 11.9 Å². The van der Waals surface area contributed by atoms with E-state index < -0.39 is 11.6 Å². The van der Waals surface area contributed by atoms with E-state index in [2.05, 4.69) is 31.3 Å². The molecule has 4 atom stereocenters. The third kappa shape index (κ3) is 5.70. The molecule has 0 amide bonds. The summed E-state index contributed by atoms with van der Waals surface area (Å²) in [7, 11) is 2.33. The lowest BCUT2D eigenvalue weighted by Crippen LogP contribution is -2.58. The Bertz CT molecular complexity index is 1250. The standard InChI is InChI=1S/C34H40NO5/c1-3-39-32(36)20-17-25-11-10-12-26(21-25)24-35(2)29-18-19-30(35)23-31(22-29)40-33(37)34(38,27-13-6-4-7-14-27)28-15-8-5-9-16-28/h4-16,21,29-31,38H,3,17-20,22-24H2,1-2H3/q+1/t29-,30+,31?,35?. The first-order chi connectivity index (χ1) is 19.3. The Hall–Kier alpha value is -3.48. The van der Waals surface area contributed by atoms with Gasteiger partial charge in [0.1, 0.15) is 12.6 Å². The minimum atomic E-state index is -1.86. The van der Waals surface area contributed by atoms with E-state index in [1.165, 1.54) is 5.56 Å². The molecule has 2 aliphatic rings. The molecule has 210 valence electrons. The van der Waals surface area contributed by atoms with Crippen LogP contribution >= 0.6 is 0 Å². The number of piperidine rings is 1. The summed E-state index contributed by atoms with van der Waals surface area (Å²) in [6.45, 7) is 3.14. The SMILES string of the molecule is CCOC(=O)CCc1cccc(C[N+]2(C)[C@@H]3CC[C@H]2CC(OC(=O)C(O)(c2ccccc2)c2ccccc2)C3)c1. The lowest BCUT2D eigenvalue weighted by molar-refractivity contribution is -0.961. The topological polar surface area (TPSA) is 72.8 Å². The molecule has 5 rings (SSSR count). The fraction of sp³-hybridized carbons (Fsp3) is 0.412. The van der Waals surface area contributed by atoms with Crippen molar-refractivity contribution in [3.05, 3.63) is 107 Å². The molecule has 1 N–H and O–H groups in total. The van der Waals surface area contributed by atoms with Crippen molar-refractivity contribution in [2.24, 2.45) is 0 Å². The number of hydrogen-bond acceptors (Lipinski definition) is 5. The average Bonchev–Trinajstić information content (AvgIpc) is 3.12. The number of fused-ring (bicyclic) bond motifs is 2. The summed E-state index contributed by atoms with van der Waals surface area (Å²) in [4.78, 5) is 25.5. The molecule has 0 saturated carbocycles. The van der Waals surface area contributed by atoms with E-state index in [4.69, 9.17) is 9.47 Å². The molecule has 2 saturated heterocycles. The van der Waals surface area contributed by atoms with Crippen LogP contribution in [-0.2, 0) is 37.6 Å². The van der Waals surface area contributed by atoms with Crippen LogP contribution in [0.25, 0.3) is 0 Å². The normalized spacial score (nSPS) is 23.9. The highest BCUT2D eigenvalue weighted by Gasteiger charge is 2.53. The van der Waals surface area contributed by atoms with Crippen LogP contribution < -0.4 is 0 Å². The lowest BCUT2D eigenvalue weighted by atomic mass is 9.86. The number of hydrogen-bond donors (Lipinski definition) is 1. The molecule has 3 aromatic carbocycles. The van der Waals surface area contributed by atoms with E-state index in [1.807, 2.05) is 43.3 Å². The van der Waals surface area contributed by atoms with Crippen molar-refractivity contribution < 1.29 is 28.7 Å². The first kappa shape index (κ1) is 28.1. The summed E-state index contributed by atoms with van der Waals surface area (Å²) >= 11 is 0. The molecule has 2 aliphatic heterocycles. The van der Waals surface area contributed by atoms with Crippen molar-refractivity contribution in [3.8, 4) is 0 Å². The third-order valence-corrected chi connectivity index (χ3v) is 8.96. The van der Waals surface area contributed by atoms with Gasteiger partial charge in [0.05, 0.1) is 25.7 Å². The number of aliphatic hydroxyl groups is 1. The predicted molar refractivity (Wildman–Crippen MR) is 153 cm³/mol. The molecule has 2 fully saturated rings. The van der Waals surface area contributed by atoms with Gasteiger partial charge in [-0.25, -0.2) is 4.79 Å². The molecule has 40 heavy (non-hydrogen) atoms. The summed E-state index contributed by atoms with van der Waals surface area (Å²) in [6.07, 6.45) is 4.58. The van der Waals surface area contributed by atoms with Crippen LogP contribution in [0.1, 0.15) is 61.3 Å². The molecule has 0 aromatic heterocycles. The second-order valence-electron chi connectivity index (χ2n) is 11.5. The van der Waals surface area contributed by atoms with Gasteiger partial charge in [-0.2, -0.15) is 0 Å². The van der Waals surface area contributed by atoms with E-state index in [9.17, 15) is 14.7 Å². The number of rotatable bonds is 10. The molecule has 0 radical (unpaired) electrons. The minimum Gasteiger partial charge on any atom is -0.466 e. The number of quaternary nitrogens is 1. The second kappa shape index (κ2) is 11.9. The minimum absolute atomic E-state index is 0.159. The quantitative estimate of drug-likeness (QED) is 0.278. The fourth-order valence-electron chi connectivity index (χ4n) is 6.80. The highest BCUT2D eigenvalue weighted by atomic mass is 16.6. The van der Waals surface area contributed by atoms with Crippen molar-refractivity contribution in [1.29, 1.82) is 0 Å². The number of ether oxygens (including phenoxy) is 2. The van der Waals surface area contributed by atoms with E-state index >= 15 is 0 Å². The molecule has 6 nitrogen and oxygen atoms in total. The van der Waals surface area contributed by atoms with Gasteiger partial charge in [0.25, 0.3) is 0 Å². The highest BCUT2D eigenvalue weighted by Crippen LogP contribution is 2.44. The summed E-state index contributed by atoms with van der Waals surface area (Å²) in [5.74, 6) is -0.771. The maximum absolute atomic E-state index is 13.7. The van der Waals surface area contributed by atoms with Gasteiger partial charge < -0.3 is 19.1 Å². The Balaban J connectivity index is 1.28. The zero-order valence-corrected chi connectivity index (χ0v) is 23.5. The van der Waals surface area contributed by atoms with Crippen LogP contribution in [-0.4, -0.2) is 53.4 Å². The number of nitrogens with zero attached hydrogens (tertiary/aromatic N) is 1. The van der Waals surface area contributed by atoms with Crippen LogP contribution in [0, 0.1) is 0 Å². The highest BCUT2D eigenvalue weighted by molar-refractivity contribution is 5.85. The maximum Gasteiger partial charge on any atom is 0.347 e. The van der Waals surface area contributed by atoms with Crippen LogP contribution in [0.3, 0.4) is 0 Å². The smallest absolute Gasteiger partial charge is 0.347 e. The van der Waals surface area contributed by atoms with Crippen LogP contribution in [0.4, 0.5) is 0 Å². The molecule has 2 unspecified atom stereocenters. The number of aryl methyl sites for hydroxylation is 1. The van der Waals surface area contributed by atoms with Gasteiger partial charge in [0, 0.05) is 37.7 Å². The number of esters is 2. The Morgan fingerprint density at radius 2 is 1.45 bits per heavy atom. The molecular formula is C34H40NO5+. The van der Waals surface area contributed by atoms with Gasteiger partial charge in [0.2, 0.25) is 5.60 Å². The van der Waals surface area contributed by atoms with Crippen molar-refractivity contribution in [1.82, 2.24) is 0 Å². The average molecular weight is 543 g/mol. The van der Waals surface area contributed by atoms with E-state index in [-0.39, 0.29) is 12.1 Å². The summed E-state index contributed by atoms with van der Waals surface area (Å²) in [5, 5.41) is 11.8. The Kier molecular flexibility index (Phi) is 8.38. The number of benzene rings is 3. The molecule has 3 aromatic rings. The summed E-state index contributed by atoms with van der Waals surface area (Å²) in [6, 6.07) is 27.4. The van der Waals surface area contributed by atoms with Gasteiger partial charge in [-0.3, -0.25) is 4.79 Å².